The van der Waals surface area contributed by atoms with Gasteiger partial charge in [0.2, 0.25) is 0 Å². The molecule has 184 valence electrons. The average Bonchev–Trinajstić information content (AvgIpc) is 3.37. The first-order valence-electron chi connectivity index (χ1n) is 11.6. The first kappa shape index (κ1) is 24.7. The molecule has 3 heterocycles. The van der Waals surface area contributed by atoms with E-state index in [1.165, 1.54) is 16.9 Å². The third-order valence-electron chi connectivity index (χ3n) is 6.53. The van der Waals surface area contributed by atoms with Crippen LogP contribution in [0.15, 0.2) is 60.9 Å². The lowest BCUT2D eigenvalue weighted by atomic mass is 9.94. The molecule has 3 aromatic rings. The molecule has 0 radical (unpaired) electrons. The summed E-state index contributed by atoms with van der Waals surface area (Å²) in [6, 6.07) is 12.5. The number of piperidine rings is 1. The highest BCUT2D eigenvalue weighted by molar-refractivity contribution is 5.91. The van der Waals surface area contributed by atoms with Crippen LogP contribution in [0.4, 0.5) is 0 Å². The predicted molar refractivity (Wildman–Crippen MR) is 129 cm³/mol. The summed E-state index contributed by atoms with van der Waals surface area (Å²) in [7, 11) is 2.10. The predicted octanol–water partition coefficient (Wildman–Crippen LogP) is 0.0569. The number of quaternary nitrogens is 1. The third kappa shape index (κ3) is 5.63. The van der Waals surface area contributed by atoms with Crippen LogP contribution in [0.2, 0.25) is 0 Å². The van der Waals surface area contributed by atoms with Crippen LogP contribution >= 0.6 is 0 Å². The van der Waals surface area contributed by atoms with Crippen molar-refractivity contribution in [3.63, 3.8) is 0 Å². The first-order chi connectivity index (χ1) is 16.8. The number of nitrogens with zero attached hydrogens (tertiary/aromatic N) is 4. The highest BCUT2D eigenvalue weighted by Crippen LogP contribution is 2.26. The van der Waals surface area contributed by atoms with Crippen molar-refractivity contribution in [1.29, 1.82) is 0 Å². The maximum Gasteiger partial charge on any atom is 0.348 e. The van der Waals surface area contributed by atoms with Gasteiger partial charge in [-0.1, -0.05) is 30.3 Å². The zero-order chi connectivity index (χ0) is 24.9. The number of hydroxylamine groups is 2. The van der Waals surface area contributed by atoms with Gasteiger partial charge in [0.15, 0.2) is 11.9 Å². The number of aliphatic hydroxyl groups is 1. The molecule has 2 aromatic heterocycles. The number of nitrogens with two attached hydrogens (primary N) is 1. The molecule has 10 nitrogen and oxygen atoms in total. The molecule has 1 saturated heterocycles. The van der Waals surface area contributed by atoms with Gasteiger partial charge >= 0.3 is 5.91 Å². The number of benzene rings is 1. The molecule has 1 aliphatic heterocycles. The van der Waals surface area contributed by atoms with Crippen molar-refractivity contribution < 1.29 is 19.8 Å². The van der Waals surface area contributed by atoms with Crippen molar-refractivity contribution >= 4 is 11.8 Å². The highest BCUT2D eigenvalue weighted by atomic mass is 16.5. The fourth-order valence-corrected chi connectivity index (χ4v) is 4.45. The van der Waals surface area contributed by atoms with Gasteiger partial charge in [-0.25, -0.2) is 14.5 Å². The summed E-state index contributed by atoms with van der Waals surface area (Å²) in [5, 5.41) is 27.4. The molecule has 4 N–H and O–H groups in total. The van der Waals surface area contributed by atoms with Crippen molar-refractivity contribution in [2.24, 2.45) is 5.73 Å². The summed E-state index contributed by atoms with van der Waals surface area (Å²) >= 11 is 0. The second kappa shape index (κ2) is 10.9. The standard InChI is InChI=1S/C25H30N6O4/c1-29-13-9-18(10-14-29)20-11-15-30(28-20)24-19(8-5-12-27-24)25(34)31(35)21(22(32)23(26)33)16-17-6-3-2-4-7-17/h2-8,11-12,15,18,21-22,31-32H,9-10,13-14,16H2,1H3,(H2,26,33). The maximum atomic E-state index is 13.3. The van der Waals surface area contributed by atoms with E-state index in [1.807, 2.05) is 12.1 Å². The van der Waals surface area contributed by atoms with E-state index in [-0.39, 0.29) is 17.8 Å². The first-order valence-corrected chi connectivity index (χ1v) is 11.6. The highest BCUT2D eigenvalue weighted by Gasteiger charge is 2.35. The molecule has 0 bridgehead atoms. The molecule has 4 rings (SSSR count). The summed E-state index contributed by atoms with van der Waals surface area (Å²) in [6.45, 7) is 1.98. The molecule has 0 saturated carbocycles. The molecule has 1 fully saturated rings. The van der Waals surface area contributed by atoms with E-state index in [9.17, 15) is 19.9 Å². The van der Waals surface area contributed by atoms with Crippen LogP contribution in [0.25, 0.3) is 5.82 Å². The fourth-order valence-electron chi connectivity index (χ4n) is 4.45. The number of hydrogen-bond donors (Lipinski definition) is 3. The van der Waals surface area contributed by atoms with Crippen LogP contribution in [-0.2, 0) is 11.2 Å². The van der Waals surface area contributed by atoms with Crippen LogP contribution in [0.3, 0.4) is 0 Å². The third-order valence-corrected chi connectivity index (χ3v) is 6.53. The minimum absolute atomic E-state index is 0.00679. The number of carbonyl (C=O) groups excluding carboxylic acids is 2. The van der Waals surface area contributed by atoms with Crippen LogP contribution in [-0.4, -0.2) is 68.9 Å². The van der Waals surface area contributed by atoms with E-state index in [0.29, 0.717) is 11.5 Å². The summed E-state index contributed by atoms with van der Waals surface area (Å²) in [5.74, 6) is -1.38. The molecule has 35 heavy (non-hydrogen) atoms. The van der Waals surface area contributed by atoms with Gasteiger partial charge in [0.1, 0.15) is 11.6 Å². The zero-order valence-corrected chi connectivity index (χ0v) is 19.6. The van der Waals surface area contributed by atoms with E-state index in [1.54, 1.807) is 36.5 Å². The molecular formula is C25H30N6O4. The number of nitrogens with one attached hydrogen (secondary N) is 1. The smallest absolute Gasteiger partial charge is 0.348 e. The molecule has 3 atom stereocenters. The van der Waals surface area contributed by atoms with Crippen LogP contribution in [0.1, 0.15) is 40.4 Å². The van der Waals surface area contributed by atoms with Crippen molar-refractivity contribution in [3.05, 3.63) is 83.0 Å². The second-order valence-corrected chi connectivity index (χ2v) is 8.97. The van der Waals surface area contributed by atoms with Gasteiger partial charge < -0.3 is 20.9 Å². The Morgan fingerprint density at radius 1 is 1.17 bits per heavy atom. The molecule has 1 aliphatic rings. The van der Waals surface area contributed by atoms with E-state index in [0.717, 1.165) is 31.6 Å². The van der Waals surface area contributed by atoms with Crippen molar-refractivity contribution in [2.75, 3.05) is 20.1 Å². The second-order valence-electron chi connectivity index (χ2n) is 8.97. The van der Waals surface area contributed by atoms with Gasteiger partial charge in [0.25, 0.3) is 5.91 Å². The van der Waals surface area contributed by atoms with Gasteiger partial charge in [-0.2, -0.15) is 5.10 Å². The van der Waals surface area contributed by atoms with Gasteiger partial charge in [0, 0.05) is 24.7 Å². The number of aromatic nitrogens is 3. The average molecular weight is 479 g/mol. The van der Waals surface area contributed by atoms with E-state index in [2.05, 4.69) is 22.0 Å². The van der Waals surface area contributed by atoms with Gasteiger partial charge in [-0.15, -0.1) is 0 Å². The lowest BCUT2D eigenvalue weighted by molar-refractivity contribution is -0.792. The molecule has 2 amide bonds. The number of likely N-dealkylation sites (tertiary alicyclic amines) is 1. The Morgan fingerprint density at radius 2 is 1.89 bits per heavy atom. The Kier molecular flexibility index (Phi) is 7.67. The summed E-state index contributed by atoms with van der Waals surface area (Å²) in [4.78, 5) is 31.7. The summed E-state index contributed by atoms with van der Waals surface area (Å²) in [6.07, 6.45) is 3.43. The summed E-state index contributed by atoms with van der Waals surface area (Å²) < 4.78 is 1.50. The Hall–Kier alpha value is -3.44. The Balaban J connectivity index is 1.60. The molecular weight excluding hydrogens is 448 g/mol. The molecule has 10 heteroatoms. The lowest BCUT2D eigenvalue weighted by Gasteiger charge is -2.31. The normalized spacial score (nSPS) is 17.6. The largest absolute Gasteiger partial charge is 0.626 e. The van der Waals surface area contributed by atoms with Crippen LogP contribution in [0, 0.1) is 5.21 Å². The Bertz CT molecular complexity index is 1160. The van der Waals surface area contributed by atoms with E-state index in [4.69, 9.17) is 5.73 Å². The van der Waals surface area contributed by atoms with Gasteiger partial charge in [-0.3, -0.25) is 9.86 Å². The molecule has 0 spiro atoms. The zero-order valence-electron chi connectivity index (χ0n) is 19.6. The van der Waals surface area contributed by atoms with E-state index < -0.39 is 29.0 Å². The molecule has 3 unspecified atom stereocenters. The number of amides is 2. The Morgan fingerprint density at radius 3 is 2.57 bits per heavy atom. The number of pyridine rings is 1. The SMILES string of the molecule is CN1CCC(c2ccn(-c3ncccc3C(=O)[NH+]([O-])C(Cc3ccccc3)C(O)C(N)=O)n2)CC1. The van der Waals surface area contributed by atoms with Crippen LogP contribution in [0.5, 0.6) is 0 Å². The molecule has 1 aromatic carbocycles. The fraction of sp³-hybridized carbons (Fsp3) is 0.360. The van der Waals surface area contributed by atoms with Crippen molar-refractivity contribution in [3.8, 4) is 5.82 Å². The number of hydrogen-bond acceptors (Lipinski definition) is 7. The van der Waals surface area contributed by atoms with Crippen LogP contribution < -0.4 is 10.8 Å². The van der Waals surface area contributed by atoms with Crippen molar-refractivity contribution in [2.45, 2.75) is 37.3 Å². The maximum absolute atomic E-state index is 13.3. The summed E-state index contributed by atoms with van der Waals surface area (Å²) in [5.41, 5.74) is 6.95. The monoisotopic (exact) mass is 478 g/mol. The topological polar surface area (TPSA) is 142 Å². The Labute approximate surface area is 203 Å². The van der Waals surface area contributed by atoms with Gasteiger partial charge in [0.05, 0.1) is 5.69 Å². The number of rotatable bonds is 8. The number of aliphatic hydroxyl groups excluding tert-OH is 1. The lowest BCUT2D eigenvalue weighted by Crippen LogP contribution is -3.16. The van der Waals surface area contributed by atoms with Gasteiger partial charge in [-0.05, 0) is 56.7 Å². The quantitative estimate of drug-likeness (QED) is 0.389. The van der Waals surface area contributed by atoms with Crippen molar-refractivity contribution in [1.82, 2.24) is 19.7 Å². The minimum Gasteiger partial charge on any atom is -0.626 e. The van der Waals surface area contributed by atoms with E-state index >= 15 is 0 Å². The number of carbonyl (C=O) groups is 2. The molecule has 0 aliphatic carbocycles. The minimum atomic E-state index is -1.80. The number of primary amides is 1.